The topological polar surface area (TPSA) is 92.9 Å². The number of thioether (sulfide) groups is 2. The SMILES string of the molecule is C=C1CCCCCN1C.C=C1CCCCN1C.C=C1CCN(C)CN1C.C=C1CCOCCN1C.C=C1CCOCN1C.C=C1CCS(=C)(=O)CN1C.C=C1CCS(=C)CN1C.C=C1CCSCN1C.C=C1COCCCN1C.C=C1COCCN1C.C=C1CSCCCN1C.CC.CC.CC.CC.CC.CC.CC.CC.CC.CC.CC. The molecule has 0 aromatic carbocycles. The average Bonchev–Trinajstić information content (AvgIpc) is 1.11. The molecule has 2 unspecified atom stereocenters. The monoisotopic (exact) mass is 1750 g/mol. The molecular formula is C97H206N12O5S4. The Labute approximate surface area is 752 Å². The first-order valence-electron chi connectivity index (χ1n) is 45.6. The lowest BCUT2D eigenvalue weighted by Gasteiger charge is -2.33. The Morgan fingerprint density at radius 2 is 0.695 bits per heavy atom. The van der Waals surface area contributed by atoms with Crippen LogP contribution in [0, 0.1) is 0 Å². The lowest BCUT2D eigenvalue weighted by molar-refractivity contribution is 0.0277. The Morgan fingerprint density at radius 1 is 0.314 bits per heavy atom. The smallest absolute Gasteiger partial charge is 0.118 e. The summed E-state index contributed by atoms with van der Waals surface area (Å²) in [5, 5.41) is 0. The molecule has 11 saturated heterocycles. The van der Waals surface area contributed by atoms with Crippen LogP contribution >= 0.6 is 34.0 Å². The molecule has 0 aromatic heterocycles. The molecule has 17 nitrogen and oxygen atoms in total. The van der Waals surface area contributed by atoms with E-state index in [-0.39, 0.29) is 0 Å². The number of likely N-dealkylation sites (N-methyl/N-ethyl adjacent to an activating group) is 3. The second-order valence-corrected chi connectivity index (χ2v) is 33.2. The van der Waals surface area contributed by atoms with Crippen LogP contribution in [0.1, 0.15) is 249 Å². The summed E-state index contributed by atoms with van der Waals surface area (Å²) in [6, 6.07) is 0. The van der Waals surface area contributed by atoms with Crippen LogP contribution in [0.3, 0.4) is 0 Å². The lowest BCUT2D eigenvalue weighted by atomic mass is 10.1. The van der Waals surface area contributed by atoms with Gasteiger partial charge in [0.15, 0.2) is 0 Å². The van der Waals surface area contributed by atoms with E-state index in [0.717, 1.165) is 139 Å². The Balaban J connectivity index is -0.000000116. The predicted octanol–water partition coefficient (Wildman–Crippen LogP) is 23.7. The molecule has 0 saturated carbocycles. The second-order valence-electron chi connectivity index (χ2n) is 26.5. The normalized spacial score (nSPS) is 20.0. The van der Waals surface area contributed by atoms with Gasteiger partial charge in [-0.2, -0.15) is 22.2 Å². The van der Waals surface area contributed by atoms with Crippen LogP contribution in [-0.4, -0.2) is 311 Å². The van der Waals surface area contributed by atoms with E-state index in [0.29, 0.717) is 42.1 Å². The Kier molecular flexibility index (Phi) is 116. The third-order valence-electron chi connectivity index (χ3n) is 17.8. The number of ether oxygens (including phenoxy) is 4. The van der Waals surface area contributed by atoms with Crippen molar-refractivity contribution < 1.29 is 23.2 Å². The first-order chi connectivity index (χ1) is 56.3. The molecule has 0 radical (unpaired) electrons. The molecule has 11 aliphatic heterocycles. The number of piperidine rings is 1. The molecule has 0 spiro atoms. The zero-order valence-corrected chi connectivity index (χ0v) is 88.6. The van der Waals surface area contributed by atoms with Gasteiger partial charge in [0.1, 0.15) is 6.73 Å². The molecule has 0 amide bonds. The molecule has 0 N–H and O–H groups in total. The quantitative estimate of drug-likeness (QED) is 0.215. The fourth-order valence-corrected chi connectivity index (χ4v) is 14.6. The van der Waals surface area contributed by atoms with Crippen molar-refractivity contribution in [3.8, 4) is 0 Å². The highest BCUT2D eigenvalue weighted by Crippen LogP contribution is 2.25. The van der Waals surface area contributed by atoms with E-state index < -0.39 is 9.52 Å². The number of likely N-dealkylation sites (tertiary alicyclic amines) is 2. The average molecular weight is 1750 g/mol. The summed E-state index contributed by atoms with van der Waals surface area (Å²) < 4.78 is 32.1. The maximum atomic E-state index is 11.4. The largest absolute Gasteiger partial charge is 0.379 e. The number of hydrogen-bond acceptors (Lipinski definition) is 19. The summed E-state index contributed by atoms with van der Waals surface area (Å²) in [6.45, 7) is 102. The van der Waals surface area contributed by atoms with Gasteiger partial charge >= 0.3 is 0 Å². The highest BCUT2D eigenvalue weighted by Gasteiger charge is 2.18. The van der Waals surface area contributed by atoms with Gasteiger partial charge in [-0.05, 0) is 111 Å². The summed E-state index contributed by atoms with van der Waals surface area (Å²) in [7, 11) is 23.4. The Morgan fingerprint density at radius 3 is 1.12 bits per heavy atom. The predicted molar refractivity (Wildman–Crippen MR) is 554 cm³/mol. The third kappa shape index (κ3) is 82.6. The van der Waals surface area contributed by atoms with Crippen LogP contribution < -0.4 is 0 Å². The molecule has 118 heavy (non-hydrogen) atoms. The molecule has 708 valence electrons. The fraction of sp³-hybridized carbons (Fsp3) is 0.753. The highest BCUT2D eigenvalue weighted by molar-refractivity contribution is 8.14. The molecule has 11 heterocycles. The number of hydrogen-bond donors (Lipinski definition) is 0. The summed E-state index contributed by atoms with van der Waals surface area (Å²) in [5.74, 6) is 16.1. The third-order valence-corrected chi connectivity index (χ3v) is 23.3. The lowest BCUT2D eigenvalue weighted by Crippen LogP contribution is -2.38. The minimum atomic E-state index is -1.80. The van der Waals surface area contributed by atoms with Crippen molar-refractivity contribution in [1.29, 1.82) is 0 Å². The summed E-state index contributed by atoms with van der Waals surface area (Å²) in [5.41, 5.74) is 13.3. The van der Waals surface area contributed by atoms with Crippen molar-refractivity contribution in [1.82, 2.24) is 58.8 Å². The van der Waals surface area contributed by atoms with Crippen molar-refractivity contribution in [3.63, 3.8) is 0 Å². The van der Waals surface area contributed by atoms with Crippen LogP contribution in [-0.2, 0) is 28.5 Å². The van der Waals surface area contributed by atoms with Gasteiger partial charge in [0.05, 0.1) is 63.9 Å². The first kappa shape index (κ1) is 137. The number of nitrogens with zero attached hydrogens (tertiary/aromatic N) is 12. The van der Waals surface area contributed by atoms with Gasteiger partial charge in [-0.25, -0.2) is 0 Å². The van der Waals surface area contributed by atoms with Crippen LogP contribution in [0.25, 0.3) is 0 Å². The van der Waals surface area contributed by atoms with Crippen LogP contribution in [0.15, 0.2) is 135 Å². The number of morpholine rings is 1. The second kappa shape index (κ2) is 99.8. The molecule has 2 atom stereocenters. The van der Waals surface area contributed by atoms with Crippen molar-refractivity contribution >= 4 is 55.3 Å². The van der Waals surface area contributed by atoms with Crippen molar-refractivity contribution in [3.05, 3.63) is 135 Å². The zero-order chi connectivity index (χ0) is 94.2. The number of allylic oxidation sites excluding steroid dienone is 5. The van der Waals surface area contributed by atoms with Gasteiger partial charge in [-0.1, -0.05) is 237 Å². The molecule has 11 fully saturated rings. The van der Waals surface area contributed by atoms with Gasteiger partial charge in [-0.15, -0.1) is 11.8 Å². The van der Waals surface area contributed by atoms with Gasteiger partial charge < -0.3 is 72.8 Å². The molecule has 11 rings (SSSR count). The molecule has 0 aliphatic carbocycles. The van der Waals surface area contributed by atoms with Crippen LogP contribution in [0.5, 0.6) is 0 Å². The molecular weight excluding hydrogens is 1540 g/mol. The summed E-state index contributed by atoms with van der Waals surface area (Å²) in [6.07, 6.45) is 17.8. The van der Waals surface area contributed by atoms with Crippen molar-refractivity contribution in [2.45, 2.75) is 249 Å². The highest BCUT2D eigenvalue weighted by atomic mass is 32.2. The molecule has 11 aliphatic rings. The molecule has 0 aromatic rings. The van der Waals surface area contributed by atoms with E-state index in [2.05, 4.69) is 197 Å². The van der Waals surface area contributed by atoms with E-state index >= 15 is 0 Å². The molecule has 21 heteroatoms. The minimum absolute atomic E-state index is 0.374. The van der Waals surface area contributed by atoms with Gasteiger partial charge in [0.2, 0.25) is 0 Å². The maximum absolute atomic E-state index is 11.4. The maximum Gasteiger partial charge on any atom is 0.118 e. The van der Waals surface area contributed by atoms with Gasteiger partial charge in [0, 0.05) is 223 Å². The van der Waals surface area contributed by atoms with Crippen LogP contribution in [0.2, 0.25) is 0 Å². The fourth-order valence-electron chi connectivity index (χ4n) is 9.73. The first-order valence-corrected chi connectivity index (χ1v) is 51.7. The van der Waals surface area contributed by atoms with E-state index in [4.69, 9.17) is 18.9 Å². The van der Waals surface area contributed by atoms with Gasteiger partial charge in [-0.3, -0.25) is 9.11 Å². The van der Waals surface area contributed by atoms with E-state index in [1.54, 1.807) is 0 Å². The standard InChI is InChI=1S/C8H15N.C7H14N2.C7H13NOS.2C7H13NO.2C7H13NS.C7H13N.2C6H11NO.C6H11NS.11C2H6/c1-8-6-4-3-5-7-9(8)2;1-7-4-5-8(2)6-9(7)3;1-7-4-5-10(3,9)6-8(7)2;1-7-3-5-9-6-4-8(7)2;1-7-6-9-5-3-4-8(7)2;1-7-4-5-9(3)6-8(7)2;1-7-6-9-5-3-4-8(7)2;1-7-5-3-4-6-8(7)2;1-6-5-8-4-3-7(6)2;2*1-6-3-4-8-5-7(6)2;11*1-2/h1,3-7H2,2H3;1,4-6H2,2-3H3;1,3-6H2,2H3;4*1,3-6H2,2H3;1,3-6H2,2H3;3*1,3-5H2,2H3;11*1-2H3. The van der Waals surface area contributed by atoms with Crippen molar-refractivity contribution in [2.75, 3.05) is 236 Å². The molecule has 0 bridgehead atoms. The Bertz CT molecular complexity index is 2300. The van der Waals surface area contributed by atoms with E-state index in [1.807, 2.05) is 207 Å². The van der Waals surface area contributed by atoms with E-state index in [9.17, 15) is 4.21 Å². The summed E-state index contributed by atoms with van der Waals surface area (Å²) >= 11 is 3.96. The van der Waals surface area contributed by atoms with Crippen LogP contribution in [0.4, 0.5) is 0 Å². The Hall–Kier alpha value is -4.32. The zero-order valence-electron chi connectivity index (χ0n) is 85.3. The number of rotatable bonds is 0. The summed E-state index contributed by atoms with van der Waals surface area (Å²) in [4.78, 5) is 26.0. The van der Waals surface area contributed by atoms with Crippen molar-refractivity contribution in [2.24, 2.45) is 0 Å². The van der Waals surface area contributed by atoms with Gasteiger partial charge in [0.25, 0.3) is 0 Å². The minimum Gasteiger partial charge on any atom is -0.379 e. The van der Waals surface area contributed by atoms with E-state index in [1.165, 1.54) is 140 Å².